The van der Waals surface area contributed by atoms with E-state index < -0.39 is 17.2 Å². The average Bonchev–Trinajstić information content (AvgIpc) is 3.01. The minimum atomic E-state index is -1.14. The maximum absolute atomic E-state index is 13.1. The lowest BCUT2D eigenvalue weighted by Crippen LogP contribution is -2.61. The van der Waals surface area contributed by atoms with Gasteiger partial charge >= 0.3 is 6.09 Å². The smallest absolute Gasteiger partial charge is 0.405 e. The van der Waals surface area contributed by atoms with Crippen LogP contribution in [0.4, 0.5) is 10.6 Å². The Morgan fingerprint density at radius 3 is 2.17 bits per heavy atom. The van der Waals surface area contributed by atoms with E-state index in [4.69, 9.17) is 0 Å². The summed E-state index contributed by atoms with van der Waals surface area (Å²) in [6.45, 7) is 7.73. The van der Waals surface area contributed by atoms with E-state index in [1.54, 1.807) is 6.92 Å². The zero-order valence-corrected chi connectivity index (χ0v) is 27.1. The molecule has 2 aliphatic rings. The molecule has 0 atom stereocenters. The van der Waals surface area contributed by atoms with Crippen molar-refractivity contribution in [3.63, 3.8) is 0 Å². The first-order valence-corrected chi connectivity index (χ1v) is 16.3. The second-order valence-corrected chi connectivity index (χ2v) is 13.5. The number of hydrogen-bond acceptors (Lipinski definition) is 6. The highest BCUT2D eigenvalue weighted by Gasteiger charge is 2.53. The van der Waals surface area contributed by atoms with Crippen molar-refractivity contribution >= 4 is 23.7 Å². The number of anilines is 1. The summed E-state index contributed by atoms with van der Waals surface area (Å²) in [6, 6.07) is 19.5. The van der Waals surface area contributed by atoms with E-state index in [0.29, 0.717) is 24.4 Å². The molecule has 46 heavy (non-hydrogen) atoms. The van der Waals surface area contributed by atoms with Crippen molar-refractivity contribution < 1.29 is 24.6 Å². The topological polar surface area (TPSA) is 145 Å². The number of nitrogens with one attached hydrogen (secondary N) is 2. The van der Waals surface area contributed by atoms with E-state index in [1.165, 1.54) is 0 Å². The van der Waals surface area contributed by atoms with Gasteiger partial charge in [0.25, 0.3) is 0 Å². The molecule has 3 amide bonds. The van der Waals surface area contributed by atoms with Crippen LogP contribution in [0.15, 0.2) is 60.7 Å². The minimum Gasteiger partial charge on any atom is -0.465 e. The third kappa shape index (κ3) is 7.39. The van der Waals surface area contributed by atoms with Crippen LogP contribution < -0.4 is 10.6 Å². The van der Waals surface area contributed by atoms with Crippen molar-refractivity contribution in [1.29, 1.82) is 0 Å². The fourth-order valence-electron chi connectivity index (χ4n) is 7.45. The van der Waals surface area contributed by atoms with Crippen LogP contribution in [0.25, 0.3) is 22.4 Å². The maximum atomic E-state index is 13.1. The van der Waals surface area contributed by atoms with Crippen LogP contribution in [-0.4, -0.2) is 60.9 Å². The minimum absolute atomic E-state index is 0.105. The first-order valence-electron chi connectivity index (χ1n) is 16.3. The summed E-state index contributed by atoms with van der Waals surface area (Å²) in [7, 11) is 0. The van der Waals surface area contributed by atoms with Crippen molar-refractivity contribution in [3.8, 4) is 22.4 Å². The average molecular weight is 628 g/mol. The number of carbonyl (C=O) groups is 3. The van der Waals surface area contributed by atoms with E-state index in [0.717, 1.165) is 47.9 Å². The molecule has 10 nitrogen and oxygen atoms in total. The van der Waals surface area contributed by atoms with Gasteiger partial charge in [0.15, 0.2) is 5.82 Å². The Labute approximate surface area is 270 Å². The first kappa shape index (κ1) is 33.1. The zero-order chi connectivity index (χ0) is 33.1. The highest BCUT2D eigenvalue weighted by Crippen LogP contribution is 2.48. The van der Waals surface area contributed by atoms with Gasteiger partial charge in [0.05, 0.1) is 11.1 Å². The number of aromatic nitrogens is 2. The number of nitrogens with zero attached hydrogens (tertiary/aromatic N) is 3. The number of carbonyl (C=O) groups excluding carboxylic acids is 2. The molecule has 0 bridgehead atoms. The van der Waals surface area contributed by atoms with Gasteiger partial charge in [0, 0.05) is 48.9 Å². The van der Waals surface area contributed by atoms with E-state index >= 15 is 0 Å². The fourth-order valence-corrected chi connectivity index (χ4v) is 7.45. The number of amides is 3. The summed E-state index contributed by atoms with van der Waals surface area (Å²) in [5.41, 5.74) is 2.13. The second-order valence-electron chi connectivity index (χ2n) is 13.5. The largest absolute Gasteiger partial charge is 0.465 e. The normalized spacial score (nSPS) is 24.1. The molecule has 2 aromatic carbocycles. The zero-order valence-electron chi connectivity index (χ0n) is 27.1. The van der Waals surface area contributed by atoms with Crippen LogP contribution in [0.5, 0.6) is 0 Å². The van der Waals surface area contributed by atoms with Crippen LogP contribution in [0.1, 0.15) is 84.6 Å². The van der Waals surface area contributed by atoms with Gasteiger partial charge in [0.2, 0.25) is 11.8 Å². The van der Waals surface area contributed by atoms with Crippen LogP contribution in [0.2, 0.25) is 0 Å². The predicted octanol–water partition coefficient (Wildman–Crippen LogP) is 6.35. The molecule has 2 fully saturated rings. The summed E-state index contributed by atoms with van der Waals surface area (Å²) in [5, 5.41) is 34.3. The molecule has 1 heterocycles. The molecule has 10 heteroatoms. The molecule has 2 saturated carbocycles. The van der Waals surface area contributed by atoms with Crippen molar-refractivity contribution in [2.75, 3.05) is 5.32 Å². The quantitative estimate of drug-likeness (QED) is 0.205. The summed E-state index contributed by atoms with van der Waals surface area (Å²) in [4.78, 5) is 39.2. The van der Waals surface area contributed by atoms with Gasteiger partial charge in [-0.2, -0.15) is 0 Å². The van der Waals surface area contributed by atoms with Gasteiger partial charge in [-0.25, -0.2) is 4.79 Å². The Morgan fingerprint density at radius 2 is 1.61 bits per heavy atom. The standard InChI is InChI=1S/C36H45N5O5/c1-5-32(43)41(23(2)3)28-17-11-24(12-18-28)19-31(42)37-30-20-29(25-9-7-6-8-10-25)33(40-39-30)26-13-15-27(16-14-26)36(38-34(44)45)21-35(4,46)22-36/h6-10,13-16,20,23-24,28,38,46H,5,11-12,17-19,21-22H2,1-4H3,(H,44,45)(H,37,39,42). The van der Waals surface area contributed by atoms with Crippen LogP contribution in [0, 0.1) is 5.92 Å². The molecule has 5 rings (SSSR count). The SMILES string of the molecule is CCC(=O)N(C(C)C)C1CCC(CC(=O)Nc2cc(-c3ccccc3)c(-c3ccc(C4(NC(=O)O)CC(C)(O)C4)cc3)nn2)CC1. The number of carboxylic acid groups (broad SMARTS) is 1. The maximum Gasteiger partial charge on any atom is 0.405 e. The van der Waals surface area contributed by atoms with Crippen molar-refractivity contribution in [3.05, 3.63) is 66.2 Å². The number of benzene rings is 2. The number of hydrogen-bond donors (Lipinski definition) is 4. The van der Waals surface area contributed by atoms with Crippen molar-refractivity contribution in [2.24, 2.45) is 5.92 Å². The summed E-state index contributed by atoms with van der Waals surface area (Å²) in [6.07, 6.45) is 3.93. The Kier molecular flexibility index (Phi) is 9.76. The van der Waals surface area contributed by atoms with Crippen LogP contribution in [0.3, 0.4) is 0 Å². The van der Waals surface area contributed by atoms with Crippen molar-refractivity contribution in [2.45, 2.75) is 102 Å². The molecule has 0 spiro atoms. The summed E-state index contributed by atoms with van der Waals surface area (Å²) in [5.74, 6) is 0.709. The Bertz CT molecular complexity index is 1540. The van der Waals surface area contributed by atoms with E-state index in [9.17, 15) is 24.6 Å². The Hall–Kier alpha value is -4.31. The predicted molar refractivity (Wildman–Crippen MR) is 177 cm³/mol. The molecule has 0 radical (unpaired) electrons. The van der Waals surface area contributed by atoms with E-state index in [1.807, 2.05) is 72.5 Å². The number of rotatable bonds is 10. The monoisotopic (exact) mass is 627 g/mol. The van der Waals surface area contributed by atoms with Gasteiger partial charge in [-0.1, -0.05) is 61.5 Å². The molecule has 3 aromatic rings. The molecular weight excluding hydrogens is 582 g/mol. The van der Waals surface area contributed by atoms with Gasteiger partial charge in [-0.3, -0.25) is 9.59 Å². The lowest BCUT2D eigenvalue weighted by molar-refractivity contribution is -0.136. The van der Waals surface area contributed by atoms with Crippen LogP contribution in [-0.2, 0) is 15.1 Å². The Morgan fingerprint density at radius 1 is 0.957 bits per heavy atom. The summed E-state index contributed by atoms with van der Waals surface area (Å²) >= 11 is 0. The third-order valence-electron chi connectivity index (χ3n) is 9.40. The summed E-state index contributed by atoms with van der Waals surface area (Å²) < 4.78 is 0. The Balaban J connectivity index is 1.30. The van der Waals surface area contributed by atoms with Crippen molar-refractivity contribution in [1.82, 2.24) is 20.4 Å². The highest BCUT2D eigenvalue weighted by atomic mass is 16.4. The van der Waals surface area contributed by atoms with E-state index in [2.05, 4.69) is 34.7 Å². The van der Waals surface area contributed by atoms with Gasteiger partial charge < -0.3 is 25.7 Å². The number of aliphatic hydroxyl groups is 1. The first-order chi connectivity index (χ1) is 21.9. The molecule has 4 N–H and O–H groups in total. The lowest BCUT2D eigenvalue weighted by Gasteiger charge is -2.51. The van der Waals surface area contributed by atoms with E-state index in [-0.39, 0.29) is 42.7 Å². The molecule has 0 saturated heterocycles. The molecule has 0 unspecified atom stereocenters. The molecular formula is C36H45N5O5. The lowest BCUT2D eigenvalue weighted by atomic mass is 9.62. The van der Waals surface area contributed by atoms with Gasteiger partial charge in [-0.05, 0) is 69.6 Å². The molecule has 244 valence electrons. The van der Waals surface area contributed by atoms with Gasteiger partial charge in [0.1, 0.15) is 5.69 Å². The highest BCUT2D eigenvalue weighted by molar-refractivity contribution is 5.91. The molecule has 2 aliphatic carbocycles. The second kappa shape index (κ2) is 13.6. The molecule has 1 aromatic heterocycles. The third-order valence-corrected chi connectivity index (χ3v) is 9.40. The molecule has 0 aliphatic heterocycles. The van der Waals surface area contributed by atoms with Gasteiger partial charge in [-0.15, -0.1) is 10.2 Å². The fraction of sp³-hybridized carbons (Fsp3) is 0.472. The van der Waals surface area contributed by atoms with Crippen LogP contribution >= 0.6 is 0 Å².